The van der Waals surface area contributed by atoms with E-state index in [1.54, 1.807) is 0 Å². The van der Waals surface area contributed by atoms with Crippen LogP contribution in [0.2, 0.25) is 5.02 Å². The second-order valence-corrected chi connectivity index (χ2v) is 4.66. The van der Waals surface area contributed by atoms with Crippen LogP contribution in [-0.2, 0) is 0 Å². The van der Waals surface area contributed by atoms with Crippen LogP contribution < -0.4 is 4.74 Å². The first-order valence-electron chi connectivity index (χ1n) is 5.68. The van der Waals surface area contributed by atoms with Crippen molar-refractivity contribution >= 4 is 17.6 Å². The maximum Gasteiger partial charge on any atom is 0.337 e. The van der Waals surface area contributed by atoms with Crippen molar-refractivity contribution in [1.82, 2.24) is 4.98 Å². The molecule has 0 aromatic carbocycles. The molecule has 0 aliphatic heterocycles. The molecule has 4 nitrogen and oxygen atoms in total. The van der Waals surface area contributed by atoms with Gasteiger partial charge in [-0.05, 0) is 18.4 Å². The number of pyridine rings is 1. The fourth-order valence-corrected chi connectivity index (χ4v) is 1.97. The smallest absolute Gasteiger partial charge is 0.337 e. The molecule has 0 radical (unpaired) electrons. The van der Waals surface area contributed by atoms with Crippen molar-refractivity contribution in [1.29, 1.82) is 0 Å². The third-order valence-corrected chi connectivity index (χ3v) is 3.31. The molecule has 17 heavy (non-hydrogen) atoms. The average Bonchev–Trinajstić information content (AvgIpc) is 2.23. The Bertz CT molecular complexity index is 418. The summed E-state index contributed by atoms with van der Waals surface area (Å²) in [4.78, 5) is 14.6. The van der Waals surface area contributed by atoms with E-state index in [0.717, 1.165) is 12.3 Å². The van der Waals surface area contributed by atoms with E-state index < -0.39 is 5.97 Å². The minimum atomic E-state index is -1.04. The van der Waals surface area contributed by atoms with E-state index in [4.69, 9.17) is 21.4 Å². The monoisotopic (exact) mass is 255 g/mol. The van der Waals surface area contributed by atoms with Crippen LogP contribution in [0.1, 0.15) is 36.0 Å². The Kier molecular flexibility index (Phi) is 3.84. The van der Waals surface area contributed by atoms with E-state index in [9.17, 15) is 4.79 Å². The lowest BCUT2D eigenvalue weighted by Gasteiger charge is -2.24. The van der Waals surface area contributed by atoms with Gasteiger partial charge in [0.15, 0.2) is 0 Å². The molecule has 1 N–H and O–H groups in total. The molecule has 1 aliphatic carbocycles. The van der Waals surface area contributed by atoms with Gasteiger partial charge < -0.3 is 9.84 Å². The highest BCUT2D eigenvalue weighted by Gasteiger charge is 2.17. The minimum Gasteiger partial charge on any atom is -0.478 e. The summed E-state index contributed by atoms with van der Waals surface area (Å²) in [5, 5.41) is 9.00. The fourth-order valence-electron chi connectivity index (χ4n) is 1.75. The normalized spacial score (nSPS) is 15.4. The SMILES string of the molecule is O=C(O)c1cnc(OCCC2CCC2)c(Cl)c1. The Labute approximate surface area is 105 Å². The van der Waals surface area contributed by atoms with Gasteiger partial charge in [-0.25, -0.2) is 9.78 Å². The van der Waals surface area contributed by atoms with Gasteiger partial charge in [0.1, 0.15) is 5.02 Å². The van der Waals surface area contributed by atoms with Gasteiger partial charge >= 0.3 is 5.97 Å². The Morgan fingerprint density at radius 2 is 2.35 bits per heavy atom. The number of rotatable bonds is 5. The fraction of sp³-hybridized carbons (Fsp3) is 0.500. The molecule has 1 heterocycles. The van der Waals surface area contributed by atoms with Gasteiger partial charge in [0.25, 0.3) is 0 Å². The molecule has 0 saturated heterocycles. The number of aromatic carboxylic acids is 1. The van der Waals surface area contributed by atoms with Gasteiger partial charge in [-0.3, -0.25) is 0 Å². The largest absolute Gasteiger partial charge is 0.478 e. The maximum atomic E-state index is 10.7. The third-order valence-electron chi connectivity index (χ3n) is 3.04. The Morgan fingerprint density at radius 1 is 1.59 bits per heavy atom. The van der Waals surface area contributed by atoms with Crippen molar-refractivity contribution in [2.75, 3.05) is 6.61 Å². The zero-order valence-electron chi connectivity index (χ0n) is 9.36. The molecule has 0 unspecified atom stereocenters. The van der Waals surface area contributed by atoms with Crippen LogP contribution in [0.4, 0.5) is 0 Å². The lowest BCUT2D eigenvalue weighted by atomic mass is 9.83. The number of ether oxygens (including phenoxy) is 1. The highest BCUT2D eigenvalue weighted by molar-refractivity contribution is 6.32. The van der Waals surface area contributed by atoms with Crippen LogP contribution in [-0.4, -0.2) is 22.7 Å². The van der Waals surface area contributed by atoms with Crippen LogP contribution in [0, 0.1) is 5.92 Å². The summed E-state index contributed by atoms with van der Waals surface area (Å²) < 4.78 is 5.44. The second-order valence-electron chi connectivity index (χ2n) is 4.25. The van der Waals surface area contributed by atoms with Crippen LogP contribution >= 0.6 is 11.6 Å². The zero-order chi connectivity index (χ0) is 12.3. The van der Waals surface area contributed by atoms with E-state index in [1.165, 1.54) is 31.5 Å². The highest BCUT2D eigenvalue weighted by Crippen LogP contribution is 2.30. The van der Waals surface area contributed by atoms with E-state index in [0.29, 0.717) is 12.5 Å². The molecular weight excluding hydrogens is 242 g/mol. The quantitative estimate of drug-likeness (QED) is 0.879. The topological polar surface area (TPSA) is 59.4 Å². The molecule has 1 aromatic heterocycles. The lowest BCUT2D eigenvalue weighted by molar-refractivity contribution is 0.0696. The maximum absolute atomic E-state index is 10.7. The highest BCUT2D eigenvalue weighted by atomic mass is 35.5. The van der Waals surface area contributed by atoms with E-state index >= 15 is 0 Å². The molecule has 92 valence electrons. The molecular formula is C12H14ClNO3. The summed E-state index contributed by atoms with van der Waals surface area (Å²) in [6.45, 7) is 0.587. The molecule has 0 amide bonds. The Hall–Kier alpha value is -1.29. The van der Waals surface area contributed by atoms with E-state index in [2.05, 4.69) is 4.98 Å². The van der Waals surface area contributed by atoms with Crippen molar-refractivity contribution in [3.63, 3.8) is 0 Å². The molecule has 1 fully saturated rings. The van der Waals surface area contributed by atoms with Crippen LogP contribution in [0.15, 0.2) is 12.3 Å². The number of hydrogen-bond donors (Lipinski definition) is 1. The van der Waals surface area contributed by atoms with Gasteiger partial charge in [-0.2, -0.15) is 0 Å². The molecule has 1 aliphatic rings. The second kappa shape index (κ2) is 5.36. The first-order chi connectivity index (χ1) is 8.16. The van der Waals surface area contributed by atoms with Gasteiger partial charge in [-0.15, -0.1) is 0 Å². The van der Waals surface area contributed by atoms with Crippen molar-refractivity contribution < 1.29 is 14.6 Å². The predicted molar refractivity (Wildman–Crippen MR) is 63.7 cm³/mol. The predicted octanol–water partition coefficient (Wildman–Crippen LogP) is 3.00. The molecule has 0 bridgehead atoms. The summed E-state index contributed by atoms with van der Waals surface area (Å²) in [7, 11) is 0. The van der Waals surface area contributed by atoms with Crippen molar-refractivity contribution in [2.24, 2.45) is 5.92 Å². The van der Waals surface area contributed by atoms with E-state index in [1.807, 2.05) is 0 Å². The number of carboxylic acids is 1. The van der Waals surface area contributed by atoms with Gasteiger partial charge in [0.2, 0.25) is 5.88 Å². The Balaban J connectivity index is 1.89. The molecule has 1 aromatic rings. The zero-order valence-corrected chi connectivity index (χ0v) is 10.1. The van der Waals surface area contributed by atoms with Crippen LogP contribution in [0.5, 0.6) is 5.88 Å². The summed E-state index contributed by atoms with van der Waals surface area (Å²) in [6.07, 6.45) is 6.15. The standard InChI is InChI=1S/C12H14ClNO3/c13-10-6-9(12(15)16)7-14-11(10)17-5-4-8-2-1-3-8/h6-8H,1-5H2,(H,15,16). The van der Waals surface area contributed by atoms with Crippen LogP contribution in [0.25, 0.3) is 0 Å². The minimum absolute atomic E-state index is 0.0707. The van der Waals surface area contributed by atoms with Gasteiger partial charge in [0, 0.05) is 6.20 Å². The van der Waals surface area contributed by atoms with Gasteiger partial charge in [0.05, 0.1) is 12.2 Å². The van der Waals surface area contributed by atoms with Gasteiger partial charge in [-0.1, -0.05) is 30.9 Å². The molecule has 0 atom stereocenters. The number of aromatic nitrogens is 1. The molecule has 5 heteroatoms. The number of hydrogen-bond acceptors (Lipinski definition) is 3. The summed E-state index contributed by atoms with van der Waals surface area (Å²) in [6, 6.07) is 1.36. The summed E-state index contributed by atoms with van der Waals surface area (Å²) >= 11 is 5.89. The first kappa shape index (κ1) is 12.2. The molecule has 0 spiro atoms. The third kappa shape index (κ3) is 3.09. The average molecular weight is 256 g/mol. The summed E-state index contributed by atoms with van der Waals surface area (Å²) in [5.41, 5.74) is 0.0707. The molecule has 1 saturated carbocycles. The number of nitrogens with zero attached hydrogens (tertiary/aromatic N) is 1. The van der Waals surface area contributed by atoms with Crippen molar-refractivity contribution in [3.8, 4) is 5.88 Å². The number of carbonyl (C=O) groups is 1. The Morgan fingerprint density at radius 3 is 2.88 bits per heavy atom. The molecule has 2 rings (SSSR count). The number of carboxylic acid groups (broad SMARTS) is 1. The van der Waals surface area contributed by atoms with E-state index in [-0.39, 0.29) is 10.6 Å². The number of halogens is 1. The first-order valence-corrected chi connectivity index (χ1v) is 6.06. The van der Waals surface area contributed by atoms with Crippen molar-refractivity contribution in [2.45, 2.75) is 25.7 Å². The van der Waals surface area contributed by atoms with Crippen LogP contribution in [0.3, 0.4) is 0 Å². The van der Waals surface area contributed by atoms with Crippen molar-refractivity contribution in [3.05, 3.63) is 22.8 Å². The summed E-state index contributed by atoms with van der Waals surface area (Å²) in [5.74, 6) is 0.0449. The lowest BCUT2D eigenvalue weighted by Crippen LogP contribution is -2.14.